The molecule has 0 aliphatic carbocycles. The molecule has 1 N–H and O–H groups in total. The minimum atomic E-state index is 0. The minimum absolute atomic E-state index is 0. The Balaban J connectivity index is 0.00000243. The van der Waals surface area contributed by atoms with E-state index in [2.05, 4.69) is 63.1 Å². The molecule has 0 saturated carbocycles. The Labute approximate surface area is 175 Å². The number of piperazine rings is 1. The van der Waals surface area contributed by atoms with Crippen molar-refractivity contribution in [2.75, 3.05) is 52.9 Å². The number of guanidine groups is 1. The molecule has 0 spiro atoms. The summed E-state index contributed by atoms with van der Waals surface area (Å²) in [6, 6.07) is 9.30. The molecule has 2 aliphatic heterocycles. The first kappa shape index (κ1) is 21.4. The van der Waals surface area contributed by atoms with Crippen molar-refractivity contribution in [2.45, 2.75) is 32.9 Å². The van der Waals surface area contributed by atoms with Crippen LogP contribution in [-0.2, 0) is 13.0 Å². The number of halogens is 1. The van der Waals surface area contributed by atoms with Crippen molar-refractivity contribution in [3.63, 3.8) is 0 Å². The number of hydrogen-bond donors (Lipinski definition) is 1. The number of hydrogen-bond acceptors (Lipinski definition) is 3. The normalized spacial score (nSPS) is 20.3. The maximum atomic E-state index is 4.53. The molecule has 1 aromatic rings. The maximum Gasteiger partial charge on any atom is 0.194 e. The van der Waals surface area contributed by atoms with Gasteiger partial charge >= 0.3 is 0 Å². The maximum absolute atomic E-state index is 4.53. The zero-order valence-corrected chi connectivity index (χ0v) is 18.8. The summed E-state index contributed by atoms with van der Waals surface area (Å²) in [7, 11) is 1.90. The van der Waals surface area contributed by atoms with Crippen LogP contribution in [0.15, 0.2) is 29.3 Å². The van der Waals surface area contributed by atoms with E-state index >= 15 is 0 Å². The van der Waals surface area contributed by atoms with Gasteiger partial charge in [-0.3, -0.25) is 9.89 Å². The van der Waals surface area contributed by atoms with Crippen LogP contribution in [0.5, 0.6) is 0 Å². The van der Waals surface area contributed by atoms with Crippen molar-refractivity contribution in [3.05, 3.63) is 35.4 Å². The summed E-state index contributed by atoms with van der Waals surface area (Å²) in [6.07, 6.45) is 1.10. The monoisotopic (exact) mass is 471 g/mol. The van der Waals surface area contributed by atoms with E-state index in [0.717, 1.165) is 32.0 Å². The summed E-state index contributed by atoms with van der Waals surface area (Å²) in [5, 5.41) is 3.61. The van der Waals surface area contributed by atoms with Gasteiger partial charge in [-0.25, -0.2) is 0 Å². The van der Waals surface area contributed by atoms with Crippen LogP contribution in [0.4, 0.5) is 0 Å². The van der Waals surface area contributed by atoms with Gasteiger partial charge in [-0.15, -0.1) is 24.0 Å². The van der Waals surface area contributed by atoms with Crippen LogP contribution in [0.2, 0.25) is 0 Å². The van der Waals surface area contributed by atoms with Gasteiger partial charge in [0.25, 0.3) is 0 Å². The van der Waals surface area contributed by atoms with E-state index in [1.165, 1.54) is 43.9 Å². The largest absolute Gasteiger partial charge is 0.355 e. The summed E-state index contributed by atoms with van der Waals surface area (Å²) < 4.78 is 0. The Morgan fingerprint density at radius 3 is 2.46 bits per heavy atom. The van der Waals surface area contributed by atoms with Crippen LogP contribution >= 0.6 is 24.0 Å². The van der Waals surface area contributed by atoms with Crippen molar-refractivity contribution < 1.29 is 0 Å². The predicted octanol–water partition coefficient (Wildman–Crippen LogP) is 2.26. The van der Waals surface area contributed by atoms with Crippen LogP contribution in [0, 0.1) is 0 Å². The number of nitrogens with zero attached hydrogens (tertiary/aromatic N) is 4. The molecule has 5 nitrogen and oxygen atoms in total. The van der Waals surface area contributed by atoms with Crippen LogP contribution in [-0.4, -0.2) is 79.6 Å². The summed E-state index contributed by atoms with van der Waals surface area (Å²) >= 11 is 0. The summed E-state index contributed by atoms with van der Waals surface area (Å²) in [6.45, 7) is 13.4. The molecule has 3 rings (SSSR count). The molecule has 26 heavy (non-hydrogen) atoms. The molecular weight excluding hydrogens is 437 g/mol. The van der Waals surface area contributed by atoms with Crippen molar-refractivity contribution in [1.82, 2.24) is 20.0 Å². The molecule has 146 valence electrons. The third-order valence-electron chi connectivity index (χ3n) is 5.68. The lowest BCUT2D eigenvalue weighted by molar-refractivity contribution is 0.107. The lowest BCUT2D eigenvalue weighted by Gasteiger charge is -2.38. The number of likely N-dealkylation sites (N-methyl/N-ethyl adjacent to an activating group) is 1. The van der Waals surface area contributed by atoms with Crippen molar-refractivity contribution >= 4 is 29.9 Å². The number of benzene rings is 1. The fraction of sp³-hybridized carbons (Fsp3) is 0.650. The molecule has 1 atom stereocenters. The summed E-state index contributed by atoms with van der Waals surface area (Å²) in [5.41, 5.74) is 2.91. The van der Waals surface area contributed by atoms with Gasteiger partial charge in [0.05, 0.1) is 0 Å². The second-order valence-corrected chi connectivity index (χ2v) is 7.19. The molecule has 0 bridgehead atoms. The topological polar surface area (TPSA) is 34.1 Å². The lowest BCUT2D eigenvalue weighted by atomic mass is 10.0. The van der Waals surface area contributed by atoms with E-state index in [1.807, 2.05) is 7.05 Å². The number of fused-ring (bicyclic) bond motifs is 1. The average Bonchev–Trinajstić information content (AvgIpc) is 2.68. The molecule has 2 heterocycles. The van der Waals surface area contributed by atoms with Crippen LogP contribution in [0.3, 0.4) is 0 Å². The number of nitrogens with one attached hydrogen (secondary N) is 1. The van der Waals surface area contributed by atoms with Gasteiger partial charge in [0.15, 0.2) is 5.96 Å². The Kier molecular flexibility index (Phi) is 8.63. The van der Waals surface area contributed by atoms with E-state index < -0.39 is 0 Å². The van der Waals surface area contributed by atoms with Gasteiger partial charge in [-0.1, -0.05) is 31.2 Å². The molecule has 0 radical (unpaired) electrons. The molecule has 0 aromatic heterocycles. The Morgan fingerprint density at radius 2 is 1.81 bits per heavy atom. The highest BCUT2D eigenvalue weighted by atomic mass is 127. The van der Waals surface area contributed by atoms with Crippen molar-refractivity contribution in [1.29, 1.82) is 0 Å². The minimum Gasteiger partial charge on any atom is -0.355 e. The SMILES string of the molecule is CCN1CCN(C(C)CNC(=NC)N2CCc3ccccc3C2)CC1.I. The van der Waals surface area contributed by atoms with Crippen LogP contribution in [0.25, 0.3) is 0 Å². The van der Waals surface area contributed by atoms with Crippen LogP contribution < -0.4 is 5.32 Å². The Morgan fingerprint density at radius 1 is 1.12 bits per heavy atom. The van der Waals surface area contributed by atoms with E-state index in [9.17, 15) is 0 Å². The summed E-state index contributed by atoms with van der Waals surface area (Å²) in [5.74, 6) is 1.04. The van der Waals surface area contributed by atoms with Gasteiger partial charge in [-0.2, -0.15) is 0 Å². The molecule has 1 saturated heterocycles. The summed E-state index contributed by atoms with van der Waals surface area (Å²) in [4.78, 5) is 12.0. The van der Waals surface area contributed by atoms with Gasteiger partial charge in [0.1, 0.15) is 0 Å². The molecule has 6 heteroatoms. The molecular formula is C20H34IN5. The van der Waals surface area contributed by atoms with E-state index in [1.54, 1.807) is 0 Å². The third-order valence-corrected chi connectivity index (χ3v) is 5.68. The highest BCUT2D eigenvalue weighted by Crippen LogP contribution is 2.18. The van der Waals surface area contributed by atoms with Crippen molar-refractivity contribution in [2.24, 2.45) is 4.99 Å². The quantitative estimate of drug-likeness (QED) is 0.415. The first-order valence-electron chi connectivity index (χ1n) is 9.70. The molecule has 1 unspecified atom stereocenters. The molecule has 1 fully saturated rings. The molecule has 1 aromatic carbocycles. The number of rotatable bonds is 4. The second-order valence-electron chi connectivity index (χ2n) is 7.19. The van der Waals surface area contributed by atoms with Gasteiger partial charge in [0.2, 0.25) is 0 Å². The van der Waals surface area contributed by atoms with Crippen LogP contribution in [0.1, 0.15) is 25.0 Å². The first-order chi connectivity index (χ1) is 12.2. The van der Waals surface area contributed by atoms with Crippen molar-refractivity contribution in [3.8, 4) is 0 Å². The molecule has 0 amide bonds. The highest BCUT2D eigenvalue weighted by Gasteiger charge is 2.22. The van der Waals surface area contributed by atoms with Gasteiger partial charge in [0, 0.05) is 58.9 Å². The zero-order valence-electron chi connectivity index (χ0n) is 16.4. The van der Waals surface area contributed by atoms with Gasteiger partial charge in [-0.05, 0) is 31.0 Å². The van der Waals surface area contributed by atoms with E-state index in [-0.39, 0.29) is 24.0 Å². The third kappa shape index (κ3) is 5.33. The van der Waals surface area contributed by atoms with Gasteiger partial charge < -0.3 is 15.1 Å². The lowest BCUT2D eigenvalue weighted by Crippen LogP contribution is -2.53. The fourth-order valence-electron chi connectivity index (χ4n) is 3.90. The predicted molar refractivity (Wildman–Crippen MR) is 120 cm³/mol. The van der Waals surface area contributed by atoms with E-state index in [0.29, 0.717) is 6.04 Å². The fourth-order valence-corrected chi connectivity index (χ4v) is 3.90. The molecule has 2 aliphatic rings. The highest BCUT2D eigenvalue weighted by molar-refractivity contribution is 14.0. The Hall–Kier alpha value is -0.860. The second kappa shape index (κ2) is 10.5. The standard InChI is InChI=1S/C20H33N5.HI/c1-4-23-11-13-24(14-12-23)17(2)15-22-20(21-3)25-10-9-18-7-5-6-8-19(18)16-25;/h5-8,17H,4,9-16H2,1-3H3,(H,21,22);1H. The first-order valence-corrected chi connectivity index (χ1v) is 9.70. The average molecular weight is 471 g/mol. The number of aliphatic imine (C=N–C) groups is 1. The Bertz CT molecular complexity index is 583. The zero-order chi connectivity index (χ0) is 17.6. The smallest absolute Gasteiger partial charge is 0.194 e. The van der Waals surface area contributed by atoms with E-state index in [4.69, 9.17) is 0 Å².